The third-order valence-corrected chi connectivity index (χ3v) is 2.43. The van der Waals surface area contributed by atoms with Gasteiger partial charge in [0.1, 0.15) is 17.2 Å². The zero-order valence-corrected chi connectivity index (χ0v) is 9.70. The van der Waals surface area contributed by atoms with Gasteiger partial charge in [-0.15, -0.1) is 0 Å². The van der Waals surface area contributed by atoms with E-state index >= 15 is 0 Å². The van der Waals surface area contributed by atoms with Crippen LogP contribution in [0.25, 0.3) is 5.69 Å². The molecule has 0 radical (unpaired) electrons. The molecule has 2 N–H and O–H groups in total. The minimum atomic E-state index is -0.488. The lowest BCUT2D eigenvalue weighted by atomic mass is 10.3. The minimum absolute atomic E-state index is 0.0393. The van der Waals surface area contributed by atoms with Gasteiger partial charge in [0.05, 0.1) is 19.4 Å². The normalized spacial score (nSPS) is 10.3. The van der Waals surface area contributed by atoms with E-state index < -0.39 is 12.2 Å². The first-order valence-corrected chi connectivity index (χ1v) is 5.23. The summed E-state index contributed by atoms with van der Waals surface area (Å²) in [6.07, 6.45) is 0. The molecule has 1 aromatic heterocycles. The van der Waals surface area contributed by atoms with Gasteiger partial charge in [0.25, 0.3) is 5.56 Å². The first kappa shape index (κ1) is 12.1. The second-order valence-electron chi connectivity index (χ2n) is 3.59. The lowest BCUT2D eigenvalue weighted by molar-refractivity contribution is 0.266. The van der Waals surface area contributed by atoms with E-state index in [1.54, 1.807) is 24.3 Å². The number of aliphatic hydroxyl groups excluding tert-OH is 1. The summed E-state index contributed by atoms with van der Waals surface area (Å²) < 4.78 is 6.15. The summed E-state index contributed by atoms with van der Waals surface area (Å²) in [5.41, 5.74) is 0.0458. The molecule has 2 rings (SSSR count). The molecule has 1 aromatic carbocycles. The Morgan fingerprint density at radius 3 is 2.83 bits per heavy atom. The quantitative estimate of drug-likeness (QED) is 0.823. The van der Waals surface area contributed by atoms with Gasteiger partial charge in [0.2, 0.25) is 0 Å². The molecule has 0 spiro atoms. The van der Waals surface area contributed by atoms with Crippen LogP contribution >= 0.6 is 0 Å². The minimum Gasteiger partial charge on any atom is -0.506 e. The fraction of sp³-hybridized carbons (Fsp3) is 0.167. The van der Waals surface area contributed by atoms with Crippen molar-refractivity contribution in [1.29, 1.82) is 0 Å². The van der Waals surface area contributed by atoms with E-state index in [1.165, 1.54) is 7.11 Å². The van der Waals surface area contributed by atoms with Crippen molar-refractivity contribution in [2.24, 2.45) is 0 Å². The molecule has 94 valence electrons. The maximum Gasteiger partial charge on any atom is 0.275 e. The highest BCUT2D eigenvalue weighted by molar-refractivity contribution is 5.39. The zero-order chi connectivity index (χ0) is 13.1. The topological polar surface area (TPSA) is 84.6 Å². The number of hydrogen-bond donors (Lipinski definition) is 2. The fourth-order valence-corrected chi connectivity index (χ4v) is 1.52. The van der Waals surface area contributed by atoms with Crippen molar-refractivity contribution in [3.8, 4) is 17.2 Å². The maximum absolute atomic E-state index is 11.7. The second-order valence-corrected chi connectivity index (χ2v) is 3.59. The monoisotopic (exact) mass is 248 g/mol. The predicted molar refractivity (Wildman–Crippen MR) is 64.0 cm³/mol. The van der Waals surface area contributed by atoms with Gasteiger partial charge in [-0.25, -0.2) is 0 Å². The van der Waals surface area contributed by atoms with Crippen LogP contribution in [0.15, 0.2) is 35.1 Å². The van der Waals surface area contributed by atoms with Gasteiger partial charge in [-0.05, 0) is 12.1 Å². The van der Waals surface area contributed by atoms with E-state index in [0.717, 1.165) is 10.7 Å². The first-order valence-electron chi connectivity index (χ1n) is 5.23. The Bertz CT molecular complexity index is 622. The number of methoxy groups -OCH3 is 1. The molecule has 18 heavy (non-hydrogen) atoms. The molecule has 0 bridgehead atoms. The molecule has 0 atom stereocenters. The van der Waals surface area contributed by atoms with Crippen molar-refractivity contribution in [3.63, 3.8) is 0 Å². The summed E-state index contributed by atoms with van der Waals surface area (Å²) in [4.78, 5) is 11.7. The van der Waals surface area contributed by atoms with Crippen molar-refractivity contribution in [2.45, 2.75) is 6.61 Å². The van der Waals surface area contributed by atoms with E-state index in [-0.39, 0.29) is 11.4 Å². The summed E-state index contributed by atoms with van der Waals surface area (Å²) >= 11 is 0. The summed E-state index contributed by atoms with van der Waals surface area (Å²) in [6, 6.07) is 7.77. The predicted octanol–water partition coefficient (Wildman–Crippen LogP) is 0.439. The molecule has 0 amide bonds. The number of benzene rings is 1. The summed E-state index contributed by atoms with van der Waals surface area (Å²) in [7, 11) is 1.52. The van der Waals surface area contributed by atoms with Gasteiger partial charge in [-0.2, -0.15) is 9.78 Å². The summed E-state index contributed by atoms with van der Waals surface area (Å²) in [5.74, 6) is 0.265. The molecule has 6 nitrogen and oxygen atoms in total. The van der Waals surface area contributed by atoms with E-state index in [1.807, 2.05) is 0 Å². The molecule has 0 aliphatic heterocycles. The molecule has 6 heteroatoms. The van der Waals surface area contributed by atoms with Gasteiger partial charge in [0.15, 0.2) is 0 Å². The third kappa shape index (κ3) is 2.18. The Labute approximate surface area is 103 Å². The van der Waals surface area contributed by atoms with Crippen LogP contribution in [-0.2, 0) is 6.61 Å². The maximum atomic E-state index is 11.7. The second kappa shape index (κ2) is 4.89. The van der Waals surface area contributed by atoms with E-state index in [9.17, 15) is 9.90 Å². The van der Waals surface area contributed by atoms with Crippen LogP contribution in [0.1, 0.15) is 5.69 Å². The fourth-order valence-electron chi connectivity index (χ4n) is 1.52. The van der Waals surface area contributed by atoms with Crippen LogP contribution in [0.2, 0.25) is 0 Å². The molecule has 0 aliphatic rings. The molecule has 0 saturated carbocycles. The Morgan fingerprint density at radius 1 is 1.39 bits per heavy atom. The van der Waals surface area contributed by atoms with Crippen molar-refractivity contribution in [3.05, 3.63) is 46.4 Å². The van der Waals surface area contributed by atoms with Gasteiger partial charge in [0, 0.05) is 12.1 Å². The van der Waals surface area contributed by atoms with Gasteiger partial charge in [-0.3, -0.25) is 4.79 Å². The highest BCUT2D eigenvalue weighted by atomic mass is 16.5. The Kier molecular flexibility index (Phi) is 3.29. The Balaban J connectivity index is 2.59. The largest absolute Gasteiger partial charge is 0.506 e. The molecule has 0 aliphatic carbocycles. The highest BCUT2D eigenvalue weighted by Gasteiger charge is 2.08. The zero-order valence-electron chi connectivity index (χ0n) is 9.70. The highest BCUT2D eigenvalue weighted by Crippen LogP contribution is 2.16. The SMILES string of the molecule is COc1cccc(-n2nc(CO)c(O)cc2=O)c1. The number of aromatic hydroxyl groups is 1. The van der Waals surface area contributed by atoms with Gasteiger partial charge in [-0.1, -0.05) is 6.07 Å². The molecule has 0 fully saturated rings. The van der Waals surface area contributed by atoms with Crippen LogP contribution in [0.4, 0.5) is 0 Å². The van der Waals surface area contributed by atoms with Crippen molar-refractivity contribution in [2.75, 3.05) is 7.11 Å². The van der Waals surface area contributed by atoms with Crippen LogP contribution in [0, 0.1) is 0 Å². The van der Waals surface area contributed by atoms with Crippen LogP contribution < -0.4 is 10.3 Å². The third-order valence-electron chi connectivity index (χ3n) is 2.43. The van der Waals surface area contributed by atoms with Gasteiger partial charge >= 0.3 is 0 Å². The smallest absolute Gasteiger partial charge is 0.275 e. The number of rotatable bonds is 3. The van der Waals surface area contributed by atoms with Crippen molar-refractivity contribution in [1.82, 2.24) is 9.78 Å². The first-order chi connectivity index (χ1) is 8.65. The molecular weight excluding hydrogens is 236 g/mol. The van der Waals surface area contributed by atoms with Crippen molar-refractivity contribution < 1.29 is 14.9 Å². The average Bonchev–Trinajstić information content (AvgIpc) is 2.39. The average molecular weight is 248 g/mol. The molecule has 0 unspecified atom stereocenters. The number of aliphatic hydroxyl groups is 1. The van der Waals surface area contributed by atoms with E-state index in [4.69, 9.17) is 9.84 Å². The van der Waals surface area contributed by atoms with Crippen LogP contribution in [0.3, 0.4) is 0 Å². The van der Waals surface area contributed by atoms with Crippen molar-refractivity contribution >= 4 is 0 Å². The standard InChI is InChI=1S/C12H12N2O4/c1-18-9-4-2-3-8(5-9)14-12(17)6-11(16)10(7-15)13-14/h2-6,15-16H,7H2,1H3. The van der Waals surface area contributed by atoms with Gasteiger partial charge < -0.3 is 14.9 Å². The molecule has 2 aromatic rings. The number of hydrogen-bond acceptors (Lipinski definition) is 5. The van der Waals surface area contributed by atoms with E-state index in [0.29, 0.717) is 11.4 Å². The number of nitrogens with zero attached hydrogens (tertiary/aromatic N) is 2. The lowest BCUT2D eigenvalue weighted by Gasteiger charge is -2.08. The molecule has 0 saturated heterocycles. The number of aromatic nitrogens is 2. The Morgan fingerprint density at radius 2 is 2.17 bits per heavy atom. The molecule has 1 heterocycles. The summed E-state index contributed by atoms with van der Waals surface area (Å²) in [5, 5.41) is 22.3. The van der Waals surface area contributed by atoms with Crippen LogP contribution in [0.5, 0.6) is 11.5 Å². The summed E-state index contributed by atoms with van der Waals surface area (Å²) in [6.45, 7) is -0.448. The van der Waals surface area contributed by atoms with E-state index in [2.05, 4.69) is 5.10 Å². The molecular formula is C12H12N2O4. The Hall–Kier alpha value is -2.34. The van der Waals surface area contributed by atoms with Crippen LogP contribution in [-0.4, -0.2) is 27.1 Å². The lowest BCUT2D eigenvalue weighted by Crippen LogP contribution is -2.21. The number of ether oxygens (including phenoxy) is 1.